The minimum Gasteiger partial charge on any atom is -0.464 e. The van der Waals surface area contributed by atoms with E-state index < -0.39 is 40.7 Å². The van der Waals surface area contributed by atoms with Crippen molar-refractivity contribution in [2.24, 2.45) is 0 Å². The first-order valence-electron chi connectivity index (χ1n) is 6.96. The standard InChI is InChI=1S/C14H16F4N2O2/c1-3-22-13(21)14(6-4-5-7-14)20(2)10-8(15)11(17)19-12(18)9(10)16/h3-7H2,1-2H3. The number of ether oxygens (including phenoxy) is 1. The molecule has 122 valence electrons. The molecule has 4 nitrogen and oxygen atoms in total. The van der Waals surface area contributed by atoms with E-state index in [1.165, 1.54) is 7.05 Å². The zero-order chi connectivity index (χ0) is 16.5. The van der Waals surface area contributed by atoms with Crippen LogP contribution in [0.4, 0.5) is 23.2 Å². The summed E-state index contributed by atoms with van der Waals surface area (Å²) in [6, 6.07) is 0. The predicted octanol–water partition coefficient (Wildman–Crippen LogP) is 2.95. The Hall–Kier alpha value is -1.86. The average Bonchev–Trinajstić information content (AvgIpc) is 2.96. The molecule has 0 atom stereocenters. The number of halogens is 4. The van der Waals surface area contributed by atoms with Gasteiger partial charge in [-0.3, -0.25) is 0 Å². The minimum absolute atomic E-state index is 0.0957. The summed E-state index contributed by atoms with van der Waals surface area (Å²) < 4.78 is 59.4. The molecule has 1 aromatic heterocycles. The molecule has 0 aromatic carbocycles. The molecule has 0 aliphatic heterocycles. The predicted molar refractivity (Wildman–Crippen MR) is 70.3 cm³/mol. The number of pyridine rings is 1. The normalized spacial score (nSPS) is 16.6. The summed E-state index contributed by atoms with van der Waals surface area (Å²) in [5, 5.41) is 0. The Morgan fingerprint density at radius 1 is 1.18 bits per heavy atom. The summed E-state index contributed by atoms with van der Waals surface area (Å²) in [6.07, 6.45) is 1.85. The maximum absolute atomic E-state index is 13.9. The van der Waals surface area contributed by atoms with Gasteiger partial charge in [-0.1, -0.05) is 12.8 Å². The van der Waals surface area contributed by atoms with E-state index in [4.69, 9.17) is 4.74 Å². The van der Waals surface area contributed by atoms with Gasteiger partial charge in [0.05, 0.1) is 6.61 Å². The number of anilines is 1. The number of likely N-dealkylation sites (N-methyl/N-ethyl adjacent to an activating group) is 1. The van der Waals surface area contributed by atoms with Crippen molar-refractivity contribution < 1.29 is 27.1 Å². The molecule has 1 aromatic rings. The fraction of sp³-hybridized carbons (Fsp3) is 0.571. The molecule has 0 spiro atoms. The van der Waals surface area contributed by atoms with E-state index in [0.717, 1.165) is 4.90 Å². The van der Waals surface area contributed by atoms with E-state index in [2.05, 4.69) is 4.98 Å². The van der Waals surface area contributed by atoms with Crippen molar-refractivity contribution in [3.8, 4) is 0 Å². The van der Waals surface area contributed by atoms with Gasteiger partial charge in [-0.05, 0) is 19.8 Å². The third kappa shape index (κ3) is 2.50. The lowest BCUT2D eigenvalue weighted by Gasteiger charge is -2.38. The minimum atomic E-state index is -1.75. The highest BCUT2D eigenvalue weighted by Gasteiger charge is 2.48. The van der Waals surface area contributed by atoms with Crippen molar-refractivity contribution >= 4 is 11.7 Å². The van der Waals surface area contributed by atoms with Gasteiger partial charge in [0, 0.05) is 7.05 Å². The van der Waals surface area contributed by atoms with E-state index in [-0.39, 0.29) is 19.4 Å². The Kier molecular flexibility index (Phi) is 4.58. The van der Waals surface area contributed by atoms with E-state index in [9.17, 15) is 22.4 Å². The summed E-state index contributed by atoms with van der Waals surface area (Å²) in [4.78, 5) is 15.7. The van der Waals surface area contributed by atoms with Gasteiger partial charge in [0.2, 0.25) is 11.6 Å². The third-order valence-electron chi connectivity index (χ3n) is 4.04. The Morgan fingerprint density at radius 2 is 1.68 bits per heavy atom. The smallest absolute Gasteiger partial charge is 0.331 e. The van der Waals surface area contributed by atoms with E-state index in [1.807, 2.05) is 0 Å². The van der Waals surface area contributed by atoms with Crippen LogP contribution in [-0.4, -0.2) is 30.1 Å². The van der Waals surface area contributed by atoms with Crippen LogP contribution in [0.2, 0.25) is 0 Å². The van der Waals surface area contributed by atoms with Gasteiger partial charge in [-0.25, -0.2) is 4.79 Å². The van der Waals surface area contributed by atoms with Crippen molar-refractivity contribution in [1.29, 1.82) is 0 Å². The van der Waals surface area contributed by atoms with Gasteiger partial charge in [0.15, 0.2) is 0 Å². The van der Waals surface area contributed by atoms with E-state index >= 15 is 0 Å². The molecule has 1 saturated carbocycles. The van der Waals surface area contributed by atoms with Gasteiger partial charge < -0.3 is 9.64 Å². The van der Waals surface area contributed by atoms with Gasteiger partial charge in [-0.15, -0.1) is 0 Å². The second-order valence-electron chi connectivity index (χ2n) is 5.19. The van der Waals surface area contributed by atoms with Crippen LogP contribution in [0.1, 0.15) is 32.6 Å². The monoisotopic (exact) mass is 320 g/mol. The lowest BCUT2D eigenvalue weighted by molar-refractivity contribution is -0.149. The molecule has 8 heteroatoms. The number of hydrogen-bond donors (Lipinski definition) is 0. The molecule has 1 aliphatic carbocycles. The summed E-state index contributed by atoms with van der Waals surface area (Å²) in [5.74, 6) is -7.42. The summed E-state index contributed by atoms with van der Waals surface area (Å²) in [5.41, 5.74) is -2.28. The van der Waals surface area contributed by atoms with Gasteiger partial charge in [0.1, 0.15) is 11.2 Å². The topological polar surface area (TPSA) is 42.4 Å². The van der Waals surface area contributed by atoms with Crippen molar-refractivity contribution in [3.05, 3.63) is 23.5 Å². The van der Waals surface area contributed by atoms with Crippen LogP contribution in [0.25, 0.3) is 0 Å². The largest absolute Gasteiger partial charge is 0.464 e. The first-order chi connectivity index (χ1) is 10.3. The number of carbonyl (C=O) groups is 1. The Balaban J connectivity index is 2.53. The second-order valence-corrected chi connectivity index (χ2v) is 5.19. The molecule has 0 amide bonds. The quantitative estimate of drug-likeness (QED) is 0.486. The van der Waals surface area contributed by atoms with Crippen molar-refractivity contribution in [3.63, 3.8) is 0 Å². The average molecular weight is 320 g/mol. The van der Waals surface area contributed by atoms with Gasteiger partial charge in [-0.2, -0.15) is 22.5 Å². The number of nitrogens with zero attached hydrogens (tertiary/aromatic N) is 2. The highest BCUT2D eigenvalue weighted by atomic mass is 19.2. The first kappa shape index (κ1) is 16.5. The lowest BCUT2D eigenvalue weighted by atomic mass is 9.94. The zero-order valence-corrected chi connectivity index (χ0v) is 12.3. The molecular formula is C14H16F4N2O2. The van der Waals surface area contributed by atoms with Crippen LogP contribution < -0.4 is 4.90 Å². The van der Waals surface area contributed by atoms with Crippen LogP contribution >= 0.6 is 0 Å². The summed E-state index contributed by atoms with van der Waals surface area (Å²) in [7, 11) is 1.22. The molecule has 1 heterocycles. The molecule has 0 unspecified atom stereocenters. The number of aromatic nitrogens is 1. The van der Waals surface area contributed by atoms with Crippen LogP contribution in [0.15, 0.2) is 0 Å². The molecule has 0 bridgehead atoms. The molecule has 2 rings (SSSR count). The maximum Gasteiger partial charge on any atom is 0.331 e. The molecule has 0 saturated heterocycles. The fourth-order valence-corrected chi connectivity index (χ4v) is 2.89. The van der Waals surface area contributed by atoms with Crippen LogP contribution in [-0.2, 0) is 9.53 Å². The van der Waals surface area contributed by atoms with Crippen molar-refractivity contribution in [1.82, 2.24) is 4.98 Å². The van der Waals surface area contributed by atoms with Crippen LogP contribution in [0.3, 0.4) is 0 Å². The number of rotatable bonds is 4. The van der Waals surface area contributed by atoms with E-state index in [0.29, 0.717) is 12.8 Å². The Morgan fingerprint density at radius 3 is 2.14 bits per heavy atom. The van der Waals surface area contributed by atoms with Crippen molar-refractivity contribution in [2.45, 2.75) is 38.1 Å². The maximum atomic E-state index is 13.9. The Labute approximate surface area is 125 Å². The first-order valence-corrected chi connectivity index (χ1v) is 6.96. The molecule has 1 fully saturated rings. The third-order valence-corrected chi connectivity index (χ3v) is 4.04. The lowest BCUT2D eigenvalue weighted by Crippen LogP contribution is -2.53. The van der Waals surface area contributed by atoms with Crippen LogP contribution in [0.5, 0.6) is 0 Å². The fourth-order valence-electron chi connectivity index (χ4n) is 2.89. The Bertz CT molecular complexity index is 562. The molecule has 1 aliphatic rings. The van der Waals surface area contributed by atoms with Crippen LogP contribution in [0, 0.1) is 23.5 Å². The molecule has 22 heavy (non-hydrogen) atoms. The zero-order valence-electron chi connectivity index (χ0n) is 12.3. The molecule has 0 N–H and O–H groups in total. The molecular weight excluding hydrogens is 304 g/mol. The van der Waals surface area contributed by atoms with E-state index in [1.54, 1.807) is 6.92 Å². The van der Waals surface area contributed by atoms with Gasteiger partial charge in [0.25, 0.3) is 11.9 Å². The summed E-state index contributed by atoms with van der Waals surface area (Å²) >= 11 is 0. The second kappa shape index (κ2) is 6.10. The van der Waals surface area contributed by atoms with Gasteiger partial charge >= 0.3 is 5.97 Å². The van der Waals surface area contributed by atoms with Crippen molar-refractivity contribution in [2.75, 3.05) is 18.6 Å². The molecule has 0 radical (unpaired) electrons. The SMILES string of the molecule is CCOC(=O)C1(N(C)c2c(F)c(F)nc(F)c2F)CCCC1. The highest BCUT2D eigenvalue weighted by molar-refractivity contribution is 5.85. The summed E-state index contributed by atoms with van der Waals surface area (Å²) in [6.45, 7) is 1.70. The highest BCUT2D eigenvalue weighted by Crippen LogP contribution is 2.40. The number of carbonyl (C=O) groups excluding carboxylic acids is 1. The number of esters is 1. The number of hydrogen-bond acceptors (Lipinski definition) is 4.